The van der Waals surface area contributed by atoms with Crippen molar-refractivity contribution in [1.29, 1.82) is 0 Å². The molecule has 1 aromatic heterocycles. The molecule has 0 aliphatic rings. The lowest BCUT2D eigenvalue weighted by molar-refractivity contribution is 0.287. The van der Waals surface area contributed by atoms with Crippen LogP contribution in [0.25, 0.3) is 0 Å². The maximum atomic E-state index is 6.36. The molecule has 1 aromatic carbocycles. The average molecular weight is 340 g/mol. The van der Waals surface area contributed by atoms with Crippen LogP contribution >= 0.6 is 22.9 Å². The number of hydrogen-bond donors (Lipinski definition) is 1. The number of halogens is 1. The van der Waals surface area contributed by atoms with Gasteiger partial charge in [-0.2, -0.15) is 0 Å². The second-order valence-corrected chi connectivity index (χ2v) is 6.45. The first-order chi connectivity index (χ1) is 10.7. The average Bonchev–Trinajstić information content (AvgIpc) is 3.03. The monoisotopic (exact) mass is 339 g/mol. The van der Waals surface area contributed by atoms with Crippen LogP contribution in [0.15, 0.2) is 29.6 Å². The summed E-state index contributed by atoms with van der Waals surface area (Å²) < 4.78 is 11.3. The minimum atomic E-state index is 0.502. The maximum Gasteiger partial charge on any atom is 0.180 e. The summed E-state index contributed by atoms with van der Waals surface area (Å²) >= 11 is 8.03. The number of rotatable bonds is 9. The summed E-state index contributed by atoms with van der Waals surface area (Å²) in [5.41, 5.74) is 1.10. The fourth-order valence-electron chi connectivity index (χ4n) is 2.09. The molecule has 0 fully saturated rings. The Bertz CT molecular complexity index is 572. The molecule has 0 atom stereocenters. The fraction of sp³-hybridized carbons (Fsp3) is 0.412. The largest absolute Gasteiger partial charge is 0.493 e. The molecule has 0 amide bonds. The van der Waals surface area contributed by atoms with Crippen molar-refractivity contribution in [1.82, 2.24) is 5.32 Å². The molecule has 2 rings (SSSR count). The van der Waals surface area contributed by atoms with Gasteiger partial charge in [0.05, 0.1) is 12.1 Å². The molecule has 3 nitrogen and oxygen atoms in total. The van der Waals surface area contributed by atoms with Gasteiger partial charge in [0.15, 0.2) is 11.5 Å². The molecule has 0 spiro atoms. The topological polar surface area (TPSA) is 30.5 Å². The van der Waals surface area contributed by atoms with Crippen LogP contribution in [0.4, 0.5) is 0 Å². The predicted molar refractivity (Wildman–Crippen MR) is 93.3 cm³/mol. The van der Waals surface area contributed by atoms with E-state index in [1.54, 1.807) is 18.4 Å². The highest BCUT2D eigenvalue weighted by molar-refractivity contribution is 7.09. The third-order valence-corrected chi connectivity index (χ3v) is 4.39. The van der Waals surface area contributed by atoms with Crippen molar-refractivity contribution >= 4 is 22.9 Å². The van der Waals surface area contributed by atoms with E-state index in [0.717, 1.165) is 23.5 Å². The number of nitrogens with one attached hydrogen (secondary N) is 1. The highest BCUT2D eigenvalue weighted by Gasteiger charge is 2.12. The summed E-state index contributed by atoms with van der Waals surface area (Å²) in [6, 6.07) is 7.96. The van der Waals surface area contributed by atoms with Crippen LogP contribution < -0.4 is 14.8 Å². The Labute approximate surface area is 141 Å². The van der Waals surface area contributed by atoms with Crippen LogP contribution in [-0.4, -0.2) is 13.7 Å². The highest BCUT2D eigenvalue weighted by Crippen LogP contribution is 2.37. The molecule has 0 saturated heterocycles. The van der Waals surface area contributed by atoms with E-state index >= 15 is 0 Å². The predicted octanol–water partition coefficient (Wildman–Crippen LogP) is 4.88. The van der Waals surface area contributed by atoms with Gasteiger partial charge >= 0.3 is 0 Å². The number of thiophene rings is 1. The van der Waals surface area contributed by atoms with E-state index in [-0.39, 0.29) is 0 Å². The normalized spacial score (nSPS) is 10.7. The molecule has 0 radical (unpaired) electrons. The van der Waals surface area contributed by atoms with E-state index in [2.05, 4.69) is 12.2 Å². The Morgan fingerprint density at radius 1 is 1.32 bits per heavy atom. The molecule has 120 valence electrons. The third-order valence-electron chi connectivity index (χ3n) is 3.26. The van der Waals surface area contributed by atoms with Gasteiger partial charge in [-0.25, -0.2) is 0 Å². The lowest BCUT2D eigenvalue weighted by atomic mass is 10.2. The number of ether oxygens (including phenoxy) is 2. The van der Waals surface area contributed by atoms with Gasteiger partial charge in [0, 0.05) is 11.4 Å². The molecule has 0 saturated carbocycles. The van der Waals surface area contributed by atoms with Crippen LogP contribution in [0.1, 0.15) is 30.2 Å². The van der Waals surface area contributed by atoms with Gasteiger partial charge in [0.1, 0.15) is 6.61 Å². The Morgan fingerprint density at radius 3 is 2.86 bits per heavy atom. The molecule has 0 aliphatic heterocycles. The van der Waals surface area contributed by atoms with Crippen LogP contribution in [0.5, 0.6) is 11.5 Å². The van der Waals surface area contributed by atoms with Crippen LogP contribution in [-0.2, 0) is 13.2 Å². The summed E-state index contributed by atoms with van der Waals surface area (Å²) in [6.45, 7) is 4.47. The molecule has 22 heavy (non-hydrogen) atoms. The van der Waals surface area contributed by atoms with Crippen molar-refractivity contribution in [3.8, 4) is 11.5 Å². The number of methoxy groups -OCH3 is 1. The second kappa shape index (κ2) is 9.03. The Kier molecular flexibility index (Phi) is 7.03. The standard InChI is InChI=1S/C17H22ClNO2S/c1-3-4-7-19-11-13-9-15(18)17(16(10-13)20-2)21-12-14-6-5-8-22-14/h5-6,8-10,19H,3-4,7,11-12H2,1-2H3. The van der Waals surface area contributed by atoms with Crippen molar-refractivity contribution in [2.75, 3.05) is 13.7 Å². The van der Waals surface area contributed by atoms with Crippen LogP contribution in [0, 0.1) is 0 Å². The quantitative estimate of drug-likeness (QED) is 0.660. The molecular formula is C17H22ClNO2S. The Balaban J connectivity index is 2.03. The first kappa shape index (κ1) is 17.1. The Morgan fingerprint density at radius 2 is 2.18 bits per heavy atom. The zero-order valence-corrected chi connectivity index (χ0v) is 14.6. The van der Waals surface area contributed by atoms with Gasteiger partial charge in [0.2, 0.25) is 0 Å². The smallest absolute Gasteiger partial charge is 0.180 e. The molecular weight excluding hydrogens is 318 g/mol. The second-order valence-electron chi connectivity index (χ2n) is 5.01. The highest BCUT2D eigenvalue weighted by atomic mass is 35.5. The van der Waals surface area contributed by atoms with E-state index in [1.807, 2.05) is 29.6 Å². The first-order valence-corrected chi connectivity index (χ1v) is 8.72. The van der Waals surface area contributed by atoms with Gasteiger partial charge in [0.25, 0.3) is 0 Å². The van der Waals surface area contributed by atoms with Gasteiger partial charge in [-0.3, -0.25) is 0 Å². The number of unbranched alkanes of at least 4 members (excludes halogenated alkanes) is 1. The summed E-state index contributed by atoms with van der Waals surface area (Å²) in [4.78, 5) is 1.16. The van der Waals surface area contributed by atoms with Gasteiger partial charge in [-0.05, 0) is 42.1 Å². The van der Waals surface area contributed by atoms with Crippen LogP contribution in [0.2, 0.25) is 5.02 Å². The molecule has 1 N–H and O–H groups in total. The lowest BCUT2D eigenvalue weighted by Gasteiger charge is -2.14. The molecule has 1 heterocycles. The summed E-state index contributed by atoms with van der Waals surface area (Å²) in [7, 11) is 1.64. The van der Waals surface area contributed by atoms with E-state index in [4.69, 9.17) is 21.1 Å². The SMILES string of the molecule is CCCCNCc1cc(Cl)c(OCc2cccs2)c(OC)c1. The van der Waals surface area contributed by atoms with Crippen LogP contribution in [0.3, 0.4) is 0 Å². The number of hydrogen-bond acceptors (Lipinski definition) is 4. The van der Waals surface area contributed by atoms with Crippen molar-refractivity contribution in [3.05, 3.63) is 45.1 Å². The summed E-state index contributed by atoms with van der Waals surface area (Å²) in [6.07, 6.45) is 2.36. The van der Waals surface area contributed by atoms with Gasteiger partial charge < -0.3 is 14.8 Å². The lowest BCUT2D eigenvalue weighted by Crippen LogP contribution is -2.14. The minimum Gasteiger partial charge on any atom is -0.493 e. The maximum absolute atomic E-state index is 6.36. The molecule has 0 bridgehead atoms. The van der Waals surface area contributed by atoms with Crippen molar-refractivity contribution in [2.45, 2.75) is 32.9 Å². The Hall–Kier alpha value is -1.23. The summed E-state index contributed by atoms with van der Waals surface area (Å²) in [5.74, 6) is 1.28. The van der Waals surface area contributed by atoms with Crippen molar-refractivity contribution in [2.24, 2.45) is 0 Å². The molecule has 5 heteroatoms. The van der Waals surface area contributed by atoms with Crippen molar-refractivity contribution < 1.29 is 9.47 Å². The van der Waals surface area contributed by atoms with E-state index in [1.165, 1.54) is 12.8 Å². The number of benzene rings is 1. The minimum absolute atomic E-state index is 0.502. The van der Waals surface area contributed by atoms with Crippen molar-refractivity contribution in [3.63, 3.8) is 0 Å². The summed E-state index contributed by atoms with van der Waals surface area (Å²) in [5, 5.41) is 6.02. The van der Waals surface area contributed by atoms with E-state index < -0.39 is 0 Å². The van der Waals surface area contributed by atoms with Gasteiger partial charge in [-0.15, -0.1) is 11.3 Å². The van der Waals surface area contributed by atoms with E-state index in [9.17, 15) is 0 Å². The third kappa shape index (κ3) is 4.90. The molecule has 0 aliphatic carbocycles. The zero-order valence-electron chi connectivity index (χ0n) is 13.0. The first-order valence-electron chi connectivity index (χ1n) is 7.47. The molecule has 0 unspecified atom stereocenters. The fourth-order valence-corrected chi connectivity index (χ4v) is 2.99. The zero-order chi connectivity index (χ0) is 15.8. The van der Waals surface area contributed by atoms with Gasteiger partial charge in [-0.1, -0.05) is 31.0 Å². The molecule has 2 aromatic rings. The van der Waals surface area contributed by atoms with E-state index in [0.29, 0.717) is 23.1 Å².